The van der Waals surface area contributed by atoms with Crippen LogP contribution >= 0.6 is 0 Å². The molecule has 2 amide bonds. The first-order valence-electron chi connectivity index (χ1n) is 9.99. The number of hydrogen-bond donors (Lipinski definition) is 2. The second kappa shape index (κ2) is 14.6. The van der Waals surface area contributed by atoms with Gasteiger partial charge in [0, 0.05) is 39.2 Å². The van der Waals surface area contributed by atoms with E-state index in [4.69, 9.17) is 19.0 Å². The molecule has 1 heterocycles. The van der Waals surface area contributed by atoms with Gasteiger partial charge in [0.25, 0.3) is 0 Å². The standard InChI is InChI=1S/C19H33N3O7/c1-4-20-18(24)27-13-16(14-28-19(25)21-5-2)26-12-6-7-17(23)29-22-10-8-15(3)9-11-22/h16H,3-14H2,1-2H3,(H,20,24)(H,21,25). The Morgan fingerprint density at radius 1 is 1.03 bits per heavy atom. The lowest BCUT2D eigenvalue weighted by atomic mass is 10.1. The molecule has 1 aliphatic heterocycles. The summed E-state index contributed by atoms with van der Waals surface area (Å²) >= 11 is 0. The molecule has 0 aromatic rings. The van der Waals surface area contributed by atoms with Crippen molar-refractivity contribution in [2.75, 3.05) is 46.0 Å². The first kappa shape index (κ1) is 24.7. The topological polar surface area (TPSA) is 115 Å². The first-order chi connectivity index (χ1) is 13.9. The normalized spacial score (nSPS) is 14.4. The molecule has 0 bridgehead atoms. The number of amides is 2. The number of hydroxylamine groups is 2. The van der Waals surface area contributed by atoms with E-state index in [1.807, 2.05) is 0 Å². The Kier molecular flexibility index (Phi) is 12.5. The van der Waals surface area contributed by atoms with Gasteiger partial charge in [-0.25, -0.2) is 9.59 Å². The van der Waals surface area contributed by atoms with Gasteiger partial charge in [-0.15, -0.1) is 5.06 Å². The third kappa shape index (κ3) is 12.0. The number of alkyl carbamates (subject to hydrolysis) is 2. The Morgan fingerprint density at radius 2 is 1.59 bits per heavy atom. The zero-order valence-corrected chi connectivity index (χ0v) is 17.4. The molecule has 29 heavy (non-hydrogen) atoms. The zero-order valence-electron chi connectivity index (χ0n) is 17.4. The summed E-state index contributed by atoms with van der Waals surface area (Å²) < 4.78 is 15.7. The molecule has 166 valence electrons. The number of rotatable bonds is 12. The lowest BCUT2D eigenvalue weighted by Gasteiger charge is -2.26. The van der Waals surface area contributed by atoms with Crippen molar-refractivity contribution in [2.45, 2.75) is 45.6 Å². The molecular weight excluding hydrogens is 382 g/mol. The number of nitrogens with zero attached hydrogens (tertiary/aromatic N) is 1. The largest absolute Gasteiger partial charge is 0.447 e. The Labute approximate surface area is 171 Å². The van der Waals surface area contributed by atoms with Crippen LogP contribution in [0, 0.1) is 0 Å². The summed E-state index contributed by atoms with van der Waals surface area (Å²) in [4.78, 5) is 40.1. The number of carbonyl (C=O) groups is 3. The van der Waals surface area contributed by atoms with Crippen LogP contribution in [-0.2, 0) is 23.8 Å². The highest BCUT2D eigenvalue weighted by molar-refractivity contribution is 5.69. The van der Waals surface area contributed by atoms with Crippen LogP contribution in [0.25, 0.3) is 0 Å². The quantitative estimate of drug-likeness (QED) is 0.366. The molecule has 2 N–H and O–H groups in total. The van der Waals surface area contributed by atoms with Crippen molar-refractivity contribution in [1.82, 2.24) is 15.7 Å². The van der Waals surface area contributed by atoms with E-state index in [-0.39, 0.29) is 32.2 Å². The lowest BCUT2D eigenvalue weighted by molar-refractivity contribution is -0.192. The molecule has 0 saturated carbocycles. The zero-order chi connectivity index (χ0) is 21.5. The van der Waals surface area contributed by atoms with Crippen LogP contribution < -0.4 is 10.6 Å². The van der Waals surface area contributed by atoms with E-state index in [1.165, 1.54) is 5.57 Å². The first-order valence-corrected chi connectivity index (χ1v) is 9.99. The SMILES string of the molecule is C=C1CCN(OC(=O)CCCOC(COC(=O)NCC)COC(=O)NCC)CC1. The van der Waals surface area contributed by atoms with Gasteiger partial charge in [0.05, 0.1) is 0 Å². The van der Waals surface area contributed by atoms with Gasteiger partial charge in [-0.2, -0.15) is 0 Å². The van der Waals surface area contributed by atoms with Crippen molar-refractivity contribution in [1.29, 1.82) is 0 Å². The molecule has 0 spiro atoms. The van der Waals surface area contributed by atoms with E-state index in [0.29, 0.717) is 32.6 Å². The number of carbonyl (C=O) groups excluding carboxylic acids is 3. The maximum absolute atomic E-state index is 11.9. The van der Waals surface area contributed by atoms with Crippen molar-refractivity contribution in [3.8, 4) is 0 Å². The molecule has 1 rings (SSSR count). The molecule has 1 saturated heterocycles. The maximum Gasteiger partial charge on any atom is 0.407 e. The molecule has 0 atom stereocenters. The summed E-state index contributed by atoms with van der Waals surface area (Å²) in [5, 5.41) is 6.66. The molecule has 0 unspecified atom stereocenters. The summed E-state index contributed by atoms with van der Waals surface area (Å²) in [5.74, 6) is -0.324. The monoisotopic (exact) mass is 415 g/mol. The van der Waals surface area contributed by atoms with E-state index in [0.717, 1.165) is 12.8 Å². The molecule has 10 heteroatoms. The van der Waals surface area contributed by atoms with Gasteiger partial charge in [-0.05, 0) is 33.1 Å². The summed E-state index contributed by atoms with van der Waals surface area (Å²) in [5.41, 5.74) is 1.17. The molecule has 0 radical (unpaired) electrons. The summed E-state index contributed by atoms with van der Waals surface area (Å²) in [6.45, 7) is 9.75. The minimum absolute atomic E-state index is 0.0760. The van der Waals surface area contributed by atoms with Crippen LogP contribution in [0.3, 0.4) is 0 Å². The second-order valence-corrected chi connectivity index (χ2v) is 6.50. The number of hydrogen-bond acceptors (Lipinski definition) is 8. The van der Waals surface area contributed by atoms with Gasteiger partial charge in [0.1, 0.15) is 19.3 Å². The molecule has 0 aromatic carbocycles. The smallest absolute Gasteiger partial charge is 0.407 e. The highest BCUT2D eigenvalue weighted by Crippen LogP contribution is 2.14. The Bertz CT molecular complexity index is 510. The van der Waals surface area contributed by atoms with Crippen molar-refractivity contribution in [2.24, 2.45) is 0 Å². The molecule has 1 aliphatic rings. The van der Waals surface area contributed by atoms with Gasteiger partial charge in [-0.1, -0.05) is 12.2 Å². The molecule has 1 fully saturated rings. The van der Waals surface area contributed by atoms with Crippen molar-refractivity contribution in [3.05, 3.63) is 12.2 Å². The van der Waals surface area contributed by atoms with Crippen LogP contribution in [0.2, 0.25) is 0 Å². The number of nitrogens with one attached hydrogen (secondary N) is 2. The fraction of sp³-hybridized carbons (Fsp3) is 0.737. The fourth-order valence-electron chi connectivity index (χ4n) is 2.42. The Hall–Kier alpha value is -2.33. The average Bonchev–Trinajstić information content (AvgIpc) is 2.69. The molecular formula is C19H33N3O7. The van der Waals surface area contributed by atoms with Gasteiger partial charge in [0.15, 0.2) is 0 Å². The maximum atomic E-state index is 11.9. The van der Waals surface area contributed by atoms with Crippen molar-refractivity contribution in [3.63, 3.8) is 0 Å². The minimum atomic E-state index is -0.635. The van der Waals surface area contributed by atoms with Crippen LogP contribution in [0.15, 0.2) is 12.2 Å². The lowest BCUT2D eigenvalue weighted by Crippen LogP contribution is -2.34. The minimum Gasteiger partial charge on any atom is -0.447 e. The van der Waals surface area contributed by atoms with Crippen LogP contribution in [-0.4, -0.2) is 75.3 Å². The highest BCUT2D eigenvalue weighted by Gasteiger charge is 2.18. The van der Waals surface area contributed by atoms with Crippen molar-refractivity contribution >= 4 is 18.2 Å². The Balaban J connectivity index is 2.29. The second-order valence-electron chi connectivity index (χ2n) is 6.50. The number of ether oxygens (including phenoxy) is 3. The van der Waals surface area contributed by atoms with Gasteiger partial charge < -0.3 is 29.7 Å². The third-order valence-corrected chi connectivity index (χ3v) is 3.98. The fourth-order valence-corrected chi connectivity index (χ4v) is 2.42. The average molecular weight is 415 g/mol. The van der Waals surface area contributed by atoms with Crippen molar-refractivity contribution < 1.29 is 33.4 Å². The van der Waals surface area contributed by atoms with Crippen LogP contribution in [0.1, 0.15) is 39.5 Å². The predicted molar refractivity (Wildman–Crippen MR) is 105 cm³/mol. The van der Waals surface area contributed by atoms with Gasteiger partial charge in [-0.3, -0.25) is 4.79 Å². The van der Waals surface area contributed by atoms with Gasteiger partial charge in [0.2, 0.25) is 0 Å². The van der Waals surface area contributed by atoms with E-state index in [1.54, 1.807) is 18.9 Å². The van der Waals surface area contributed by atoms with E-state index in [9.17, 15) is 14.4 Å². The predicted octanol–water partition coefficient (Wildman–Crippen LogP) is 1.75. The number of piperidine rings is 1. The Morgan fingerprint density at radius 3 is 2.10 bits per heavy atom. The van der Waals surface area contributed by atoms with Crippen LogP contribution in [0.4, 0.5) is 9.59 Å². The van der Waals surface area contributed by atoms with E-state index >= 15 is 0 Å². The summed E-state index contributed by atoms with van der Waals surface area (Å²) in [6, 6.07) is 0. The highest BCUT2D eigenvalue weighted by atomic mass is 16.7. The summed E-state index contributed by atoms with van der Waals surface area (Å²) in [6.07, 6.45) is 0.490. The van der Waals surface area contributed by atoms with Gasteiger partial charge >= 0.3 is 18.2 Å². The van der Waals surface area contributed by atoms with Crippen LogP contribution in [0.5, 0.6) is 0 Å². The third-order valence-electron chi connectivity index (χ3n) is 3.98. The molecule has 0 aliphatic carbocycles. The molecule has 0 aromatic heterocycles. The van der Waals surface area contributed by atoms with E-state index in [2.05, 4.69) is 17.2 Å². The summed E-state index contributed by atoms with van der Waals surface area (Å²) in [7, 11) is 0. The van der Waals surface area contributed by atoms with E-state index < -0.39 is 18.3 Å². The molecule has 10 nitrogen and oxygen atoms in total.